The Labute approximate surface area is 84.5 Å². The molecule has 1 aliphatic carbocycles. The van der Waals surface area contributed by atoms with Crippen molar-refractivity contribution in [3.05, 3.63) is 16.9 Å². The first-order valence-corrected chi connectivity index (χ1v) is 4.94. The van der Waals surface area contributed by atoms with E-state index < -0.39 is 0 Å². The van der Waals surface area contributed by atoms with E-state index in [1.807, 2.05) is 0 Å². The largest absolute Gasteiger partial charge is 0.396 e. The SMILES string of the molecule is OCC1CC1Nc1ncc(Br)cn1. The van der Waals surface area contributed by atoms with Crippen LogP contribution >= 0.6 is 15.9 Å². The monoisotopic (exact) mass is 243 g/mol. The van der Waals surface area contributed by atoms with Gasteiger partial charge in [-0.1, -0.05) is 0 Å². The molecule has 2 unspecified atom stereocenters. The van der Waals surface area contributed by atoms with Gasteiger partial charge in [0.15, 0.2) is 0 Å². The van der Waals surface area contributed by atoms with Gasteiger partial charge in [-0.05, 0) is 22.4 Å². The minimum Gasteiger partial charge on any atom is -0.396 e. The van der Waals surface area contributed by atoms with Gasteiger partial charge in [0.05, 0.1) is 4.47 Å². The number of aliphatic hydroxyl groups is 1. The molecule has 2 rings (SSSR count). The average Bonchev–Trinajstić information content (AvgIpc) is 2.88. The first kappa shape index (κ1) is 8.90. The van der Waals surface area contributed by atoms with E-state index in [4.69, 9.17) is 5.11 Å². The van der Waals surface area contributed by atoms with Crippen LogP contribution in [0.4, 0.5) is 5.95 Å². The fourth-order valence-corrected chi connectivity index (χ4v) is 1.38. The van der Waals surface area contributed by atoms with Crippen molar-refractivity contribution < 1.29 is 5.11 Å². The summed E-state index contributed by atoms with van der Waals surface area (Å²) in [5.74, 6) is 1.01. The van der Waals surface area contributed by atoms with Crippen molar-refractivity contribution in [1.29, 1.82) is 0 Å². The van der Waals surface area contributed by atoms with Crippen LogP contribution < -0.4 is 5.32 Å². The summed E-state index contributed by atoms with van der Waals surface area (Å²) in [6.07, 6.45) is 4.41. The van der Waals surface area contributed by atoms with Gasteiger partial charge in [-0.25, -0.2) is 9.97 Å². The number of hydrogen-bond donors (Lipinski definition) is 2. The molecular weight excluding hydrogens is 234 g/mol. The second kappa shape index (κ2) is 3.59. The van der Waals surface area contributed by atoms with Gasteiger partial charge in [0.25, 0.3) is 0 Å². The summed E-state index contributed by atoms with van der Waals surface area (Å²) in [6, 6.07) is 0.353. The first-order chi connectivity index (χ1) is 6.29. The zero-order valence-corrected chi connectivity index (χ0v) is 8.53. The molecule has 5 heteroatoms. The smallest absolute Gasteiger partial charge is 0.222 e. The van der Waals surface area contributed by atoms with Crippen molar-refractivity contribution in [2.45, 2.75) is 12.5 Å². The van der Waals surface area contributed by atoms with Crippen molar-refractivity contribution >= 4 is 21.9 Å². The fourth-order valence-electron chi connectivity index (χ4n) is 1.18. The molecule has 0 amide bonds. The molecule has 0 spiro atoms. The third-order valence-corrected chi connectivity index (χ3v) is 2.50. The highest BCUT2D eigenvalue weighted by atomic mass is 79.9. The molecule has 1 aliphatic rings. The lowest BCUT2D eigenvalue weighted by Crippen LogP contribution is -2.08. The number of hydrogen-bond acceptors (Lipinski definition) is 4. The van der Waals surface area contributed by atoms with Crippen LogP contribution in [0.25, 0.3) is 0 Å². The van der Waals surface area contributed by atoms with E-state index in [-0.39, 0.29) is 6.61 Å². The maximum absolute atomic E-state index is 8.81. The highest BCUT2D eigenvalue weighted by molar-refractivity contribution is 9.10. The number of rotatable bonds is 3. The quantitative estimate of drug-likeness (QED) is 0.833. The van der Waals surface area contributed by atoms with Crippen molar-refractivity contribution in [2.24, 2.45) is 5.92 Å². The highest BCUT2D eigenvalue weighted by Crippen LogP contribution is 2.31. The lowest BCUT2D eigenvalue weighted by molar-refractivity contribution is 0.275. The van der Waals surface area contributed by atoms with Crippen molar-refractivity contribution in [3.63, 3.8) is 0 Å². The van der Waals surface area contributed by atoms with Crippen LogP contribution in [0.5, 0.6) is 0 Å². The van der Waals surface area contributed by atoms with E-state index in [1.165, 1.54) is 0 Å². The summed E-state index contributed by atoms with van der Waals surface area (Å²) in [6.45, 7) is 0.244. The molecule has 1 heterocycles. The topological polar surface area (TPSA) is 58.0 Å². The fraction of sp³-hybridized carbons (Fsp3) is 0.500. The number of halogens is 1. The Hall–Kier alpha value is -0.680. The van der Waals surface area contributed by atoms with Crippen LogP contribution in [0.2, 0.25) is 0 Å². The minimum atomic E-state index is 0.244. The van der Waals surface area contributed by atoms with Gasteiger partial charge in [0.2, 0.25) is 5.95 Å². The Balaban J connectivity index is 1.92. The maximum atomic E-state index is 8.81. The van der Waals surface area contributed by atoms with Crippen LogP contribution in [0.3, 0.4) is 0 Å². The molecule has 2 atom stereocenters. The van der Waals surface area contributed by atoms with Gasteiger partial charge < -0.3 is 10.4 Å². The second-order valence-corrected chi connectivity index (χ2v) is 4.07. The molecule has 2 N–H and O–H groups in total. The van der Waals surface area contributed by atoms with E-state index in [9.17, 15) is 0 Å². The molecule has 1 aromatic rings. The van der Waals surface area contributed by atoms with E-state index in [0.29, 0.717) is 17.9 Å². The normalized spacial score (nSPS) is 25.7. The van der Waals surface area contributed by atoms with Gasteiger partial charge in [-0.3, -0.25) is 0 Å². The van der Waals surface area contributed by atoms with Gasteiger partial charge in [0, 0.05) is 31.0 Å². The predicted octanol–water partition coefficient (Wildman–Crippen LogP) is 1.03. The Bertz CT molecular complexity index is 290. The van der Waals surface area contributed by atoms with Gasteiger partial charge in [-0.2, -0.15) is 0 Å². The predicted molar refractivity (Wildman–Crippen MR) is 52.3 cm³/mol. The lowest BCUT2D eigenvalue weighted by Gasteiger charge is -2.01. The summed E-state index contributed by atoms with van der Waals surface area (Å²) in [5, 5.41) is 12.0. The highest BCUT2D eigenvalue weighted by Gasteiger charge is 2.36. The van der Waals surface area contributed by atoms with Gasteiger partial charge in [0.1, 0.15) is 0 Å². The maximum Gasteiger partial charge on any atom is 0.222 e. The van der Waals surface area contributed by atoms with Gasteiger partial charge >= 0.3 is 0 Å². The Kier molecular flexibility index (Phi) is 2.46. The molecule has 0 aliphatic heterocycles. The van der Waals surface area contributed by atoms with Crippen molar-refractivity contribution in [2.75, 3.05) is 11.9 Å². The Morgan fingerprint density at radius 2 is 2.23 bits per heavy atom. The molecule has 1 saturated carbocycles. The molecule has 0 radical (unpaired) electrons. The molecule has 0 saturated heterocycles. The standard InChI is InChI=1S/C8H10BrN3O/c9-6-2-10-8(11-3-6)12-7-1-5(7)4-13/h2-3,5,7,13H,1,4H2,(H,10,11,12). The number of nitrogens with one attached hydrogen (secondary N) is 1. The van der Waals surface area contributed by atoms with Crippen LogP contribution in [0, 0.1) is 5.92 Å². The number of aromatic nitrogens is 2. The van der Waals surface area contributed by atoms with Crippen LogP contribution in [-0.4, -0.2) is 27.7 Å². The minimum absolute atomic E-state index is 0.244. The summed E-state index contributed by atoms with van der Waals surface area (Å²) in [7, 11) is 0. The molecule has 1 aromatic heterocycles. The van der Waals surface area contributed by atoms with Crippen molar-refractivity contribution in [3.8, 4) is 0 Å². The van der Waals surface area contributed by atoms with Gasteiger partial charge in [-0.15, -0.1) is 0 Å². The third kappa shape index (κ3) is 2.16. The molecule has 70 valence electrons. The number of nitrogens with zero attached hydrogens (tertiary/aromatic N) is 2. The number of aliphatic hydroxyl groups excluding tert-OH is 1. The molecule has 0 aromatic carbocycles. The van der Waals surface area contributed by atoms with Crippen LogP contribution in [0.1, 0.15) is 6.42 Å². The van der Waals surface area contributed by atoms with E-state index in [1.54, 1.807) is 12.4 Å². The zero-order chi connectivity index (χ0) is 9.26. The van der Waals surface area contributed by atoms with E-state index in [2.05, 4.69) is 31.2 Å². The molecule has 1 fully saturated rings. The summed E-state index contributed by atoms with van der Waals surface area (Å²) in [4.78, 5) is 8.15. The molecule has 4 nitrogen and oxygen atoms in total. The summed E-state index contributed by atoms with van der Waals surface area (Å²) < 4.78 is 0.868. The first-order valence-electron chi connectivity index (χ1n) is 4.14. The third-order valence-electron chi connectivity index (χ3n) is 2.09. The van der Waals surface area contributed by atoms with E-state index in [0.717, 1.165) is 10.9 Å². The lowest BCUT2D eigenvalue weighted by atomic mass is 10.4. The zero-order valence-electron chi connectivity index (χ0n) is 6.94. The van der Waals surface area contributed by atoms with Crippen LogP contribution in [0.15, 0.2) is 16.9 Å². The molecule has 13 heavy (non-hydrogen) atoms. The summed E-state index contributed by atoms with van der Waals surface area (Å²) >= 11 is 3.26. The average molecular weight is 244 g/mol. The molecular formula is C8H10BrN3O. The van der Waals surface area contributed by atoms with E-state index >= 15 is 0 Å². The Morgan fingerprint density at radius 1 is 1.54 bits per heavy atom. The Morgan fingerprint density at radius 3 is 2.77 bits per heavy atom. The number of anilines is 1. The van der Waals surface area contributed by atoms with Crippen LogP contribution in [-0.2, 0) is 0 Å². The molecule has 0 bridgehead atoms. The van der Waals surface area contributed by atoms with Crippen molar-refractivity contribution in [1.82, 2.24) is 9.97 Å². The summed E-state index contributed by atoms with van der Waals surface area (Å²) in [5.41, 5.74) is 0. The second-order valence-electron chi connectivity index (χ2n) is 3.15.